The van der Waals surface area contributed by atoms with Crippen LogP contribution in [0.3, 0.4) is 0 Å². The molecule has 4 nitrogen and oxygen atoms in total. The fraction of sp³-hybridized carbons (Fsp3) is 1.00. The van der Waals surface area contributed by atoms with Crippen LogP contribution >= 0.6 is 0 Å². The lowest BCUT2D eigenvalue weighted by Crippen LogP contribution is -2.48. The third-order valence-electron chi connectivity index (χ3n) is 6.12. The Morgan fingerprint density at radius 2 is 1.23 bits per heavy atom. The maximum absolute atomic E-state index is 9.22. The van der Waals surface area contributed by atoms with Gasteiger partial charge in [0, 0.05) is 5.92 Å². The molecule has 0 bridgehead atoms. The quantitative estimate of drug-likeness (QED) is 0.736. The molecule has 0 aromatic carbocycles. The molecule has 0 unspecified atom stereocenters. The summed E-state index contributed by atoms with van der Waals surface area (Å²) in [6.45, 7) is 6.96. The molecule has 3 aliphatic rings. The van der Waals surface area contributed by atoms with Crippen LogP contribution in [0.1, 0.15) is 91.4 Å². The van der Waals surface area contributed by atoms with Gasteiger partial charge < -0.3 is 19.7 Å². The molecule has 0 amide bonds. The van der Waals surface area contributed by atoms with Gasteiger partial charge in [-0.3, -0.25) is 0 Å². The van der Waals surface area contributed by atoms with Crippen molar-refractivity contribution < 1.29 is 19.7 Å². The maximum atomic E-state index is 9.22. The van der Waals surface area contributed by atoms with Crippen molar-refractivity contribution in [3.05, 3.63) is 0 Å². The number of hydrogen-bond acceptors (Lipinski definition) is 4. The molecule has 1 saturated heterocycles. The summed E-state index contributed by atoms with van der Waals surface area (Å²) >= 11 is 0. The first-order valence-corrected chi connectivity index (χ1v) is 11.2. The highest BCUT2D eigenvalue weighted by atomic mass is 16.7. The summed E-state index contributed by atoms with van der Waals surface area (Å²) < 4.78 is 11.3. The zero-order chi connectivity index (χ0) is 19.3. The van der Waals surface area contributed by atoms with Crippen molar-refractivity contribution in [2.75, 3.05) is 26.4 Å². The molecule has 0 spiro atoms. The zero-order valence-electron chi connectivity index (χ0n) is 17.5. The van der Waals surface area contributed by atoms with Crippen LogP contribution in [0.4, 0.5) is 0 Å². The van der Waals surface area contributed by atoms with E-state index in [1.165, 1.54) is 70.6 Å². The first-order valence-electron chi connectivity index (χ1n) is 11.2. The number of rotatable bonds is 4. The second-order valence-electron chi connectivity index (χ2n) is 8.12. The number of aliphatic hydroxyl groups excluding tert-OH is 2. The lowest BCUT2D eigenvalue weighted by Gasteiger charge is -2.40. The van der Waals surface area contributed by atoms with E-state index in [-0.39, 0.29) is 19.5 Å². The standard InChI is InChI=1S/C12H22O4.C8H16.C2H6/c13-6-12(7-14)8-15-11(16-9-12)10-4-2-1-3-5-10;1-2-8-6-4-3-5-7-8;1-2/h10-11,13-14H,1-9H2;8H,2-7H2,1H3;1-2H3. The van der Waals surface area contributed by atoms with Crippen molar-refractivity contribution >= 4 is 0 Å². The summed E-state index contributed by atoms with van der Waals surface area (Å²) in [4.78, 5) is 0. The maximum Gasteiger partial charge on any atom is 0.160 e. The largest absolute Gasteiger partial charge is 0.396 e. The van der Waals surface area contributed by atoms with Gasteiger partial charge in [-0.1, -0.05) is 78.6 Å². The molecule has 4 heteroatoms. The smallest absolute Gasteiger partial charge is 0.160 e. The monoisotopic (exact) mass is 372 g/mol. The van der Waals surface area contributed by atoms with Crippen LogP contribution in [0.5, 0.6) is 0 Å². The molecule has 156 valence electrons. The number of aliphatic hydroxyl groups is 2. The van der Waals surface area contributed by atoms with E-state index in [1.807, 2.05) is 13.8 Å². The van der Waals surface area contributed by atoms with Crippen LogP contribution in [0.15, 0.2) is 0 Å². The van der Waals surface area contributed by atoms with Gasteiger partial charge in [-0.05, 0) is 18.8 Å². The lowest BCUT2D eigenvalue weighted by atomic mass is 9.87. The molecule has 3 rings (SSSR count). The van der Waals surface area contributed by atoms with Gasteiger partial charge in [-0.2, -0.15) is 0 Å². The lowest BCUT2D eigenvalue weighted by molar-refractivity contribution is -0.264. The highest BCUT2D eigenvalue weighted by Crippen LogP contribution is 2.33. The Morgan fingerprint density at radius 3 is 1.62 bits per heavy atom. The van der Waals surface area contributed by atoms with Gasteiger partial charge >= 0.3 is 0 Å². The summed E-state index contributed by atoms with van der Waals surface area (Å²) in [5.41, 5.74) is -0.592. The van der Waals surface area contributed by atoms with Crippen LogP contribution in [-0.4, -0.2) is 42.9 Å². The van der Waals surface area contributed by atoms with E-state index in [9.17, 15) is 10.2 Å². The van der Waals surface area contributed by atoms with Crippen LogP contribution < -0.4 is 0 Å². The summed E-state index contributed by atoms with van der Waals surface area (Å²) in [6, 6.07) is 0. The molecule has 3 fully saturated rings. The van der Waals surface area contributed by atoms with Crippen molar-refractivity contribution in [2.24, 2.45) is 17.3 Å². The van der Waals surface area contributed by atoms with Gasteiger partial charge in [0.05, 0.1) is 31.8 Å². The summed E-state index contributed by atoms with van der Waals surface area (Å²) in [5.74, 6) is 1.59. The predicted octanol–water partition coefficient (Wildman–Crippen LogP) is 4.91. The fourth-order valence-electron chi connectivity index (χ4n) is 4.11. The molecule has 0 atom stereocenters. The zero-order valence-corrected chi connectivity index (χ0v) is 17.5. The highest BCUT2D eigenvalue weighted by molar-refractivity contribution is 4.82. The molecule has 26 heavy (non-hydrogen) atoms. The Bertz CT molecular complexity index is 308. The first kappa shape index (κ1) is 23.9. The second kappa shape index (κ2) is 13.9. The Hall–Kier alpha value is -0.160. The van der Waals surface area contributed by atoms with Crippen molar-refractivity contribution in [3.8, 4) is 0 Å². The average molecular weight is 373 g/mol. The van der Waals surface area contributed by atoms with Gasteiger partial charge in [0.2, 0.25) is 0 Å². The van der Waals surface area contributed by atoms with Crippen molar-refractivity contribution in [1.29, 1.82) is 0 Å². The van der Waals surface area contributed by atoms with E-state index in [0.29, 0.717) is 19.1 Å². The molecule has 0 radical (unpaired) electrons. The second-order valence-corrected chi connectivity index (χ2v) is 8.12. The Balaban J connectivity index is 0.000000284. The molecule has 0 aromatic rings. The minimum Gasteiger partial charge on any atom is -0.396 e. The minimum absolute atomic E-state index is 0.0825. The third-order valence-corrected chi connectivity index (χ3v) is 6.12. The molecular weight excluding hydrogens is 328 g/mol. The van der Waals surface area contributed by atoms with Crippen LogP contribution in [0.25, 0.3) is 0 Å². The van der Waals surface area contributed by atoms with Crippen molar-refractivity contribution in [1.82, 2.24) is 0 Å². The van der Waals surface area contributed by atoms with Crippen molar-refractivity contribution in [3.63, 3.8) is 0 Å². The van der Waals surface area contributed by atoms with Crippen LogP contribution in [0.2, 0.25) is 0 Å². The SMILES string of the molecule is CC.CCC1CCCCC1.OCC1(CO)COC(C2CCCCC2)OC1. The molecule has 1 aliphatic heterocycles. The highest BCUT2D eigenvalue weighted by Gasteiger charge is 2.38. The molecule has 0 aromatic heterocycles. The Kier molecular flexibility index (Phi) is 12.8. The average Bonchev–Trinajstić information content (AvgIpc) is 2.77. The number of ether oxygens (including phenoxy) is 2. The Morgan fingerprint density at radius 1 is 0.769 bits per heavy atom. The molecule has 2 saturated carbocycles. The van der Waals surface area contributed by atoms with E-state index in [4.69, 9.17) is 9.47 Å². The topological polar surface area (TPSA) is 58.9 Å². The van der Waals surface area contributed by atoms with Gasteiger partial charge in [0.15, 0.2) is 6.29 Å². The predicted molar refractivity (Wildman–Crippen MR) is 107 cm³/mol. The third kappa shape index (κ3) is 7.84. The van der Waals surface area contributed by atoms with Crippen LogP contribution in [0, 0.1) is 17.3 Å². The molecular formula is C22H44O4. The van der Waals surface area contributed by atoms with Gasteiger partial charge in [0.25, 0.3) is 0 Å². The van der Waals surface area contributed by atoms with E-state index in [2.05, 4.69) is 6.92 Å². The van der Waals surface area contributed by atoms with E-state index in [1.54, 1.807) is 0 Å². The minimum atomic E-state index is -0.592. The summed E-state index contributed by atoms with van der Waals surface area (Å²) in [5, 5.41) is 18.4. The molecule has 1 heterocycles. The van der Waals surface area contributed by atoms with E-state index < -0.39 is 5.41 Å². The van der Waals surface area contributed by atoms with Gasteiger partial charge in [-0.15, -0.1) is 0 Å². The van der Waals surface area contributed by atoms with Gasteiger partial charge in [0.1, 0.15) is 0 Å². The number of hydrogen-bond donors (Lipinski definition) is 2. The summed E-state index contributed by atoms with van der Waals surface area (Å²) in [7, 11) is 0. The van der Waals surface area contributed by atoms with E-state index >= 15 is 0 Å². The fourth-order valence-corrected chi connectivity index (χ4v) is 4.11. The normalized spacial score (nSPS) is 24.8. The molecule has 2 aliphatic carbocycles. The van der Waals surface area contributed by atoms with E-state index in [0.717, 1.165) is 5.92 Å². The molecule has 2 N–H and O–H groups in total. The first-order chi connectivity index (χ1) is 12.7. The van der Waals surface area contributed by atoms with Gasteiger partial charge in [-0.25, -0.2) is 0 Å². The Labute approximate surface area is 161 Å². The summed E-state index contributed by atoms with van der Waals surface area (Å²) in [6.07, 6.45) is 15.0. The van der Waals surface area contributed by atoms with Crippen molar-refractivity contribution in [2.45, 2.75) is 97.7 Å². The van der Waals surface area contributed by atoms with Crippen LogP contribution in [-0.2, 0) is 9.47 Å².